The zero-order valence-corrected chi connectivity index (χ0v) is 18.4. The van der Waals surface area contributed by atoms with Crippen LogP contribution >= 0.6 is 15.9 Å². The Hall–Kier alpha value is -2.40. The molecular formula is C23H26BrN2O2+. The summed E-state index contributed by atoms with van der Waals surface area (Å²) in [6.07, 6.45) is 4.40. The molecular weight excluding hydrogens is 416 g/mol. The highest BCUT2D eigenvalue weighted by Gasteiger charge is 2.21. The van der Waals surface area contributed by atoms with E-state index in [1.807, 2.05) is 51.2 Å². The summed E-state index contributed by atoms with van der Waals surface area (Å²) in [5.41, 5.74) is 2.65. The first-order chi connectivity index (χ1) is 13.2. The fourth-order valence-corrected chi connectivity index (χ4v) is 3.74. The highest BCUT2D eigenvalue weighted by atomic mass is 79.9. The molecule has 0 saturated heterocycles. The molecule has 0 aliphatic carbocycles. The summed E-state index contributed by atoms with van der Waals surface area (Å²) in [5.74, 6) is 0. The van der Waals surface area contributed by atoms with Gasteiger partial charge in [0.1, 0.15) is 18.9 Å². The predicted molar refractivity (Wildman–Crippen MR) is 117 cm³/mol. The number of benzene rings is 2. The van der Waals surface area contributed by atoms with Crippen molar-refractivity contribution in [3.8, 4) is 0 Å². The quantitative estimate of drug-likeness (QED) is 0.387. The number of ether oxygens (including phenoxy) is 1. The van der Waals surface area contributed by atoms with Crippen molar-refractivity contribution in [3.05, 3.63) is 70.3 Å². The highest BCUT2D eigenvalue weighted by Crippen LogP contribution is 2.30. The Morgan fingerprint density at radius 2 is 1.86 bits per heavy atom. The zero-order valence-electron chi connectivity index (χ0n) is 16.8. The van der Waals surface area contributed by atoms with Crippen LogP contribution in [0.5, 0.6) is 0 Å². The number of fused-ring (bicyclic) bond motifs is 1. The number of halogens is 1. The molecule has 0 saturated carbocycles. The van der Waals surface area contributed by atoms with Crippen LogP contribution in [0.1, 0.15) is 31.9 Å². The van der Waals surface area contributed by atoms with Crippen LogP contribution in [-0.2, 0) is 17.7 Å². The summed E-state index contributed by atoms with van der Waals surface area (Å²) >= 11 is 3.64. The molecule has 0 amide bonds. The first kappa shape index (κ1) is 20.3. The second-order valence-electron chi connectivity index (χ2n) is 7.93. The van der Waals surface area contributed by atoms with Crippen molar-refractivity contribution in [2.24, 2.45) is 0 Å². The number of carbonyl (C=O) groups is 1. The van der Waals surface area contributed by atoms with E-state index in [0.717, 1.165) is 33.9 Å². The summed E-state index contributed by atoms with van der Waals surface area (Å²) in [4.78, 5) is 12.7. The molecule has 0 spiro atoms. The second kappa shape index (κ2) is 8.31. The van der Waals surface area contributed by atoms with E-state index in [1.165, 1.54) is 5.56 Å². The van der Waals surface area contributed by atoms with Gasteiger partial charge in [-0.2, -0.15) is 0 Å². The molecule has 5 heteroatoms. The van der Waals surface area contributed by atoms with Crippen LogP contribution in [0.3, 0.4) is 0 Å². The lowest BCUT2D eigenvalue weighted by atomic mass is 10.1. The first-order valence-electron chi connectivity index (χ1n) is 9.34. The Bertz CT molecular complexity index is 1010. The van der Waals surface area contributed by atoms with Crippen molar-refractivity contribution in [2.45, 2.75) is 39.3 Å². The van der Waals surface area contributed by atoms with Crippen molar-refractivity contribution in [3.63, 3.8) is 0 Å². The van der Waals surface area contributed by atoms with E-state index in [0.29, 0.717) is 0 Å². The van der Waals surface area contributed by atoms with Crippen molar-refractivity contribution >= 4 is 39.1 Å². The molecule has 0 bridgehead atoms. The number of aromatic nitrogens is 1. The van der Waals surface area contributed by atoms with Crippen molar-refractivity contribution in [1.82, 2.24) is 4.57 Å². The molecule has 0 radical (unpaired) electrons. The average Bonchev–Trinajstić information content (AvgIpc) is 3.00. The van der Waals surface area contributed by atoms with Crippen molar-refractivity contribution in [2.75, 3.05) is 7.05 Å². The molecule has 0 aliphatic heterocycles. The largest absolute Gasteiger partial charge is 0.443 e. The van der Waals surface area contributed by atoms with Gasteiger partial charge in [-0.3, -0.25) is 4.57 Å². The van der Waals surface area contributed by atoms with Gasteiger partial charge in [-0.25, -0.2) is 9.37 Å². The number of carbonyl (C=O) groups excluding carboxylic acids is 1. The number of rotatable bonds is 4. The smallest absolute Gasteiger partial charge is 0.419 e. The van der Waals surface area contributed by atoms with E-state index >= 15 is 0 Å². The van der Waals surface area contributed by atoms with E-state index in [1.54, 1.807) is 4.57 Å². The summed E-state index contributed by atoms with van der Waals surface area (Å²) in [6, 6.07) is 16.2. The van der Waals surface area contributed by atoms with Gasteiger partial charge in [0.2, 0.25) is 0 Å². The van der Waals surface area contributed by atoms with Gasteiger partial charge in [-0.15, -0.1) is 0 Å². The predicted octanol–water partition coefficient (Wildman–Crippen LogP) is 5.64. The van der Waals surface area contributed by atoms with Gasteiger partial charge in [-0.05, 0) is 38.5 Å². The minimum absolute atomic E-state index is 0.362. The minimum atomic E-state index is -0.540. The van der Waals surface area contributed by atoms with Gasteiger partial charge < -0.3 is 4.74 Å². The maximum atomic E-state index is 12.7. The molecule has 0 N–H and O–H groups in total. The molecule has 2 aromatic carbocycles. The van der Waals surface area contributed by atoms with Gasteiger partial charge in [0.15, 0.2) is 6.54 Å². The normalized spacial score (nSPS) is 12.4. The molecule has 0 fully saturated rings. The van der Waals surface area contributed by atoms with Crippen molar-refractivity contribution in [1.29, 1.82) is 0 Å². The lowest BCUT2D eigenvalue weighted by Gasteiger charge is -2.19. The lowest BCUT2D eigenvalue weighted by molar-refractivity contribution is -0.510. The highest BCUT2D eigenvalue weighted by molar-refractivity contribution is 9.10. The monoisotopic (exact) mass is 441 g/mol. The summed E-state index contributed by atoms with van der Waals surface area (Å²) in [6.45, 7) is 6.46. The molecule has 3 aromatic rings. The topological polar surface area (TPSA) is 34.2 Å². The molecule has 0 atom stereocenters. The van der Waals surface area contributed by atoms with Crippen LogP contribution < -0.4 is 0 Å². The summed E-state index contributed by atoms with van der Waals surface area (Å²) in [5, 5.41) is 1.04. The minimum Gasteiger partial charge on any atom is -0.443 e. The second-order valence-corrected chi connectivity index (χ2v) is 8.78. The molecule has 1 heterocycles. The van der Waals surface area contributed by atoms with E-state index in [2.05, 4.69) is 58.0 Å². The van der Waals surface area contributed by atoms with Gasteiger partial charge in [0, 0.05) is 21.6 Å². The third-order valence-electron chi connectivity index (χ3n) is 4.35. The summed E-state index contributed by atoms with van der Waals surface area (Å²) in [7, 11) is 2.06. The number of hydrogen-bond donors (Lipinski definition) is 0. The molecule has 1 aromatic heterocycles. The third kappa shape index (κ3) is 4.90. The average molecular weight is 442 g/mol. The standard InChI is InChI=1S/C23H26BrN2O2/c1-23(2,3)28-22(27)26-16-18(21-19(24)11-8-12-20(21)26)13-14-25(4)15-17-9-6-5-7-10-17/h5-12,14,16H,13,15H2,1-4H3/q+1. The fraction of sp³-hybridized carbons (Fsp3) is 0.304. The Labute approximate surface area is 174 Å². The Morgan fingerprint density at radius 3 is 2.54 bits per heavy atom. The number of hydrogen-bond acceptors (Lipinski definition) is 2. The van der Waals surface area contributed by atoms with E-state index < -0.39 is 5.60 Å². The van der Waals surface area contributed by atoms with Crippen LogP contribution in [0.4, 0.5) is 4.79 Å². The fourth-order valence-electron chi connectivity index (χ4n) is 3.13. The molecule has 0 unspecified atom stereocenters. The third-order valence-corrected chi connectivity index (χ3v) is 5.01. The molecule has 0 aliphatic rings. The van der Waals surface area contributed by atoms with E-state index in [4.69, 9.17) is 4.74 Å². The Balaban J connectivity index is 1.91. The Morgan fingerprint density at radius 1 is 1.14 bits per heavy atom. The maximum absolute atomic E-state index is 12.7. The van der Waals surface area contributed by atoms with E-state index in [-0.39, 0.29) is 6.09 Å². The van der Waals surface area contributed by atoms with Crippen LogP contribution in [0.2, 0.25) is 0 Å². The number of nitrogens with zero attached hydrogens (tertiary/aromatic N) is 2. The van der Waals surface area contributed by atoms with Gasteiger partial charge >= 0.3 is 6.09 Å². The van der Waals surface area contributed by atoms with Gasteiger partial charge in [-0.1, -0.05) is 52.3 Å². The SMILES string of the molecule is C[N+](=CCc1cn(C(=O)OC(C)(C)C)c2cccc(Br)c12)Cc1ccccc1. The van der Waals surface area contributed by atoms with Crippen molar-refractivity contribution < 1.29 is 14.1 Å². The zero-order chi connectivity index (χ0) is 20.3. The molecule has 4 nitrogen and oxygen atoms in total. The van der Waals surface area contributed by atoms with Gasteiger partial charge in [0.25, 0.3) is 0 Å². The maximum Gasteiger partial charge on any atom is 0.419 e. The summed E-state index contributed by atoms with van der Waals surface area (Å²) < 4.78 is 10.3. The van der Waals surface area contributed by atoms with Crippen LogP contribution in [0, 0.1) is 0 Å². The first-order valence-corrected chi connectivity index (χ1v) is 10.1. The molecule has 28 heavy (non-hydrogen) atoms. The van der Waals surface area contributed by atoms with Gasteiger partial charge in [0.05, 0.1) is 11.9 Å². The molecule has 3 rings (SSSR count). The van der Waals surface area contributed by atoms with Crippen LogP contribution in [0.25, 0.3) is 10.9 Å². The van der Waals surface area contributed by atoms with Crippen LogP contribution in [0.15, 0.2) is 59.2 Å². The molecule has 146 valence electrons. The van der Waals surface area contributed by atoms with E-state index in [9.17, 15) is 4.79 Å². The Kier molecular flexibility index (Phi) is 6.04. The van der Waals surface area contributed by atoms with Crippen LogP contribution in [-0.4, -0.2) is 34.1 Å². The lowest BCUT2D eigenvalue weighted by Crippen LogP contribution is -2.26.